The Balaban J connectivity index is 1.75. The van der Waals surface area contributed by atoms with Gasteiger partial charge in [0.05, 0.1) is 12.8 Å². The Morgan fingerprint density at radius 2 is 1.95 bits per heavy atom. The Hall–Kier alpha value is -1.36. The Bertz CT molecular complexity index is 472. The number of hydrogen-bond acceptors (Lipinski definition) is 5. The number of nitrogens with one attached hydrogen (secondary N) is 2. The fourth-order valence-electron chi connectivity index (χ4n) is 3.39. The predicted molar refractivity (Wildman–Crippen MR) is 83.9 cm³/mol. The maximum Gasteiger partial charge on any atom is 0.318 e. The van der Waals surface area contributed by atoms with E-state index in [1.165, 1.54) is 37.7 Å². The van der Waals surface area contributed by atoms with E-state index in [2.05, 4.69) is 20.6 Å². The van der Waals surface area contributed by atoms with E-state index in [1.807, 2.05) is 0 Å². The molecule has 1 aliphatic heterocycles. The van der Waals surface area contributed by atoms with Gasteiger partial charge in [-0.25, -0.2) is 0 Å². The largest absolute Gasteiger partial charge is 0.467 e. The summed E-state index contributed by atoms with van der Waals surface area (Å²) in [7, 11) is 1.64. The smallest absolute Gasteiger partial charge is 0.318 e. The van der Waals surface area contributed by atoms with Gasteiger partial charge in [-0.15, -0.1) is 0 Å². The summed E-state index contributed by atoms with van der Waals surface area (Å²) in [5.41, 5.74) is 2.41. The minimum Gasteiger partial charge on any atom is -0.467 e. The van der Waals surface area contributed by atoms with Crippen molar-refractivity contribution in [2.45, 2.75) is 44.9 Å². The zero-order valence-corrected chi connectivity index (χ0v) is 13.0. The highest BCUT2D eigenvalue weighted by Gasteiger charge is 2.19. The van der Waals surface area contributed by atoms with Crippen LogP contribution in [0.2, 0.25) is 0 Å². The van der Waals surface area contributed by atoms with E-state index >= 15 is 0 Å². The molecule has 0 bridgehead atoms. The number of rotatable bonds is 4. The second-order valence-electron chi connectivity index (χ2n) is 6.12. The molecule has 116 valence electrons. The molecule has 1 aliphatic carbocycles. The van der Waals surface area contributed by atoms with Crippen molar-refractivity contribution in [3.63, 3.8) is 0 Å². The van der Waals surface area contributed by atoms with Gasteiger partial charge in [-0.2, -0.15) is 9.97 Å². The molecule has 0 amide bonds. The summed E-state index contributed by atoms with van der Waals surface area (Å²) in [4.78, 5) is 9.09. The molecular formula is C16H26N4O. The molecule has 1 saturated carbocycles. The summed E-state index contributed by atoms with van der Waals surface area (Å²) < 4.78 is 5.27. The predicted octanol–water partition coefficient (Wildman–Crippen LogP) is 2.17. The number of nitrogens with zero attached hydrogens (tertiary/aromatic N) is 2. The van der Waals surface area contributed by atoms with E-state index in [9.17, 15) is 0 Å². The number of ether oxygens (including phenoxy) is 1. The highest BCUT2D eigenvalue weighted by molar-refractivity contribution is 5.48. The molecule has 0 aromatic carbocycles. The Kier molecular flexibility index (Phi) is 4.91. The van der Waals surface area contributed by atoms with Crippen molar-refractivity contribution >= 4 is 5.82 Å². The molecule has 3 rings (SSSR count). The fourth-order valence-corrected chi connectivity index (χ4v) is 3.39. The molecule has 0 saturated heterocycles. The molecule has 21 heavy (non-hydrogen) atoms. The molecule has 5 heteroatoms. The van der Waals surface area contributed by atoms with Crippen LogP contribution in [0, 0.1) is 5.92 Å². The van der Waals surface area contributed by atoms with Gasteiger partial charge >= 0.3 is 6.01 Å². The molecule has 0 spiro atoms. The van der Waals surface area contributed by atoms with E-state index in [0.717, 1.165) is 49.9 Å². The average molecular weight is 290 g/mol. The standard InChI is InChI=1S/C16H26N4O/c1-21-16-19-14-8-10-17-9-7-13(14)15(20-16)18-11-12-5-3-2-4-6-12/h12,17H,2-11H2,1H3,(H,18,19,20). The van der Waals surface area contributed by atoms with Crippen molar-refractivity contribution in [1.82, 2.24) is 15.3 Å². The van der Waals surface area contributed by atoms with Crippen LogP contribution in [0.1, 0.15) is 43.4 Å². The van der Waals surface area contributed by atoms with Crippen LogP contribution in [0.4, 0.5) is 5.82 Å². The summed E-state index contributed by atoms with van der Waals surface area (Å²) in [6.07, 6.45) is 8.79. The van der Waals surface area contributed by atoms with Crippen LogP contribution in [0.5, 0.6) is 6.01 Å². The lowest BCUT2D eigenvalue weighted by molar-refractivity contribution is 0.370. The summed E-state index contributed by atoms with van der Waals surface area (Å²) in [5, 5.41) is 7.01. The third-order valence-electron chi connectivity index (χ3n) is 4.63. The fraction of sp³-hybridized carbons (Fsp3) is 0.750. The zero-order chi connectivity index (χ0) is 14.5. The second-order valence-corrected chi connectivity index (χ2v) is 6.12. The third kappa shape index (κ3) is 3.64. The van der Waals surface area contributed by atoms with Gasteiger partial charge in [0, 0.05) is 25.1 Å². The Labute approximate surface area is 126 Å². The molecule has 1 aromatic heterocycles. The molecule has 2 heterocycles. The van der Waals surface area contributed by atoms with E-state index in [-0.39, 0.29) is 0 Å². The van der Waals surface area contributed by atoms with Crippen molar-refractivity contribution < 1.29 is 4.74 Å². The van der Waals surface area contributed by atoms with Gasteiger partial charge in [0.25, 0.3) is 0 Å². The minimum absolute atomic E-state index is 0.488. The quantitative estimate of drug-likeness (QED) is 0.890. The van der Waals surface area contributed by atoms with Crippen LogP contribution in [0.25, 0.3) is 0 Å². The normalized spacial score (nSPS) is 19.7. The molecular weight excluding hydrogens is 264 g/mol. The third-order valence-corrected chi connectivity index (χ3v) is 4.63. The average Bonchev–Trinajstić information content (AvgIpc) is 2.78. The molecule has 0 unspecified atom stereocenters. The first kappa shape index (κ1) is 14.6. The summed E-state index contributed by atoms with van der Waals surface area (Å²) in [6.45, 7) is 3.01. The lowest BCUT2D eigenvalue weighted by Gasteiger charge is -2.23. The lowest BCUT2D eigenvalue weighted by Crippen LogP contribution is -2.19. The van der Waals surface area contributed by atoms with Crippen molar-refractivity contribution in [3.8, 4) is 6.01 Å². The van der Waals surface area contributed by atoms with Crippen LogP contribution >= 0.6 is 0 Å². The molecule has 5 nitrogen and oxygen atoms in total. The first-order valence-corrected chi connectivity index (χ1v) is 8.25. The maximum absolute atomic E-state index is 5.27. The molecule has 0 atom stereocenters. The number of anilines is 1. The number of fused-ring (bicyclic) bond motifs is 1. The van der Waals surface area contributed by atoms with Crippen LogP contribution in [-0.2, 0) is 12.8 Å². The molecule has 0 radical (unpaired) electrons. The highest BCUT2D eigenvalue weighted by Crippen LogP contribution is 2.26. The van der Waals surface area contributed by atoms with Gasteiger partial charge in [0.2, 0.25) is 0 Å². The second kappa shape index (κ2) is 7.07. The van der Waals surface area contributed by atoms with Gasteiger partial charge in [-0.05, 0) is 31.7 Å². The van der Waals surface area contributed by atoms with Crippen molar-refractivity contribution in [1.29, 1.82) is 0 Å². The summed E-state index contributed by atoms with van der Waals surface area (Å²) in [6, 6.07) is 0.488. The number of aromatic nitrogens is 2. The monoisotopic (exact) mass is 290 g/mol. The molecule has 1 fully saturated rings. The lowest BCUT2D eigenvalue weighted by atomic mass is 9.89. The van der Waals surface area contributed by atoms with Crippen molar-refractivity contribution in [2.75, 3.05) is 32.1 Å². The summed E-state index contributed by atoms with van der Waals surface area (Å²) in [5.74, 6) is 1.78. The minimum atomic E-state index is 0.488. The van der Waals surface area contributed by atoms with Crippen LogP contribution in [-0.4, -0.2) is 36.7 Å². The van der Waals surface area contributed by atoms with E-state index in [4.69, 9.17) is 4.74 Å². The van der Waals surface area contributed by atoms with Gasteiger partial charge in [0.1, 0.15) is 5.82 Å². The molecule has 1 aromatic rings. The number of hydrogen-bond donors (Lipinski definition) is 2. The van der Waals surface area contributed by atoms with Crippen LogP contribution in [0.15, 0.2) is 0 Å². The first-order valence-electron chi connectivity index (χ1n) is 8.25. The first-order chi connectivity index (χ1) is 10.4. The van der Waals surface area contributed by atoms with E-state index in [1.54, 1.807) is 7.11 Å². The van der Waals surface area contributed by atoms with E-state index in [0.29, 0.717) is 6.01 Å². The zero-order valence-electron chi connectivity index (χ0n) is 13.0. The number of methoxy groups -OCH3 is 1. The van der Waals surface area contributed by atoms with Gasteiger partial charge in [-0.3, -0.25) is 0 Å². The van der Waals surface area contributed by atoms with Gasteiger partial charge in [-0.1, -0.05) is 19.3 Å². The SMILES string of the molecule is COc1nc2c(c(NCC3CCCCC3)n1)CCNCC2. The van der Waals surface area contributed by atoms with E-state index < -0.39 is 0 Å². The van der Waals surface area contributed by atoms with Gasteiger partial charge in [0.15, 0.2) is 0 Å². The van der Waals surface area contributed by atoms with Crippen LogP contribution in [0.3, 0.4) is 0 Å². The Morgan fingerprint density at radius 1 is 1.14 bits per heavy atom. The topological polar surface area (TPSA) is 59.1 Å². The highest BCUT2D eigenvalue weighted by atomic mass is 16.5. The van der Waals surface area contributed by atoms with Crippen LogP contribution < -0.4 is 15.4 Å². The van der Waals surface area contributed by atoms with Crippen molar-refractivity contribution in [2.24, 2.45) is 5.92 Å². The Morgan fingerprint density at radius 3 is 2.76 bits per heavy atom. The molecule has 2 N–H and O–H groups in total. The van der Waals surface area contributed by atoms with Crippen molar-refractivity contribution in [3.05, 3.63) is 11.3 Å². The maximum atomic E-state index is 5.27. The molecule has 2 aliphatic rings. The summed E-state index contributed by atoms with van der Waals surface area (Å²) >= 11 is 0. The van der Waals surface area contributed by atoms with Gasteiger partial charge < -0.3 is 15.4 Å².